The van der Waals surface area contributed by atoms with Gasteiger partial charge >= 0.3 is 0 Å². The number of allylic oxidation sites excluding steroid dienone is 3. The summed E-state index contributed by atoms with van der Waals surface area (Å²) in [6, 6.07) is 7.86. The van der Waals surface area contributed by atoms with Crippen molar-refractivity contribution in [1.29, 1.82) is 0 Å². The molecule has 3 atom stereocenters. The van der Waals surface area contributed by atoms with Crippen LogP contribution in [0.2, 0.25) is 0 Å². The normalized spacial score (nSPS) is 23.8. The van der Waals surface area contributed by atoms with Crippen LogP contribution in [0.3, 0.4) is 0 Å². The largest absolute Gasteiger partial charge is 0.387 e. The number of dihydropyridines is 1. The average Bonchev–Trinajstić information content (AvgIpc) is 3.65. The van der Waals surface area contributed by atoms with Crippen molar-refractivity contribution in [1.82, 2.24) is 31.0 Å². The fourth-order valence-electron chi connectivity index (χ4n) is 6.07. The number of carbonyl (C=O) groups excluding carboxylic acids is 1. The van der Waals surface area contributed by atoms with Crippen LogP contribution in [0.25, 0.3) is 11.1 Å². The number of carbonyl (C=O) groups is 1. The minimum absolute atomic E-state index is 0.0321. The second-order valence-corrected chi connectivity index (χ2v) is 11.9. The number of rotatable bonds is 9. The van der Waals surface area contributed by atoms with Crippen molar-refractivity contribution >= 4 is 23.4 Å². The summed E-state index contributed by atoms with van der Waals surface area (Å²) in [5.74, 6) is -0.0321. The van der Waals surface area contributed by atoms with Gasteiger partial charge in [0, 0.05) is 79.6 Å². The van der Waals surface area contributed by atoms with Gasteiger partial charge in [0.1, 0.15) is 5.37 Å². The predicted molar refractivity (Wildman–Crippen MR) is 158 cm³/mol. The van der Waals surface area contributed by atoms with Gasteiger partial charge in [0.05, 0.1) is 23.3 Å². The third kappa shape index (κ3) is 5.33. The third-order valence-corrected chi connectivity index (χ3v) is 9.21. The fraction of sp³-hybridized carbons (Fsp3) is 0.448. The van der Waals surface area contributed by atoms with E-state index in [2.05, 4.69) is 67.8 Å². The van der Waals surface area contributed by atoms with Gasteiger partial charge in [-0.25, -0.2) is 0 Å². The molecule has 6 rings (SSSR count). The van der Waals surface area contributed by atoms with Gasteiger partial charge < -0.3 is 31.9 Å². The first-order valence-corrected chi connectivity index (χ1v) is 14.8. The molecular weight excluding hydrogens is 508 g/mol. The molecule has 0 saturated carbocycles. The summed E-state index contributed by atoms with van der Waals surface area (Å²) in [5.41, 5.74) is 13.7. The minimum Gasteiger partial charge on any atom is -0.387 e. The Morgan fingerprint density at radius 2 is 2.05 bits per heavy atom. The molecule has 10 heteroatoms. The lowest BCUT2D eigenvalue weighted by atomic mass is 10.00. The number of piperazine rings is 1. The molecule has 1 amide bonds. The van der Waals surface area contributed by atoms with E-state index in [1.54, 1.807) is 11.8 Å². The number of nitrogens with two attached hydrogens (primary N) is 1. The van der Waals surface area contributed by atoms with Crippen LogP contribution in [0.15, 0.2) is 64.6 Å². The Labute approximate surface area is 234 Å². The van der Waals surface area contributed by atoms with Gasteiger partial charge in [-0.3, -0.25) is 9.48 Å². The van der Waals surface area contributed by atoms with Crippen molar-refractivity contribution in [3.05, 3.63) is 70.2 Å². The van der Waals surface area contributed by atoms with Crippen LogP contribution in [-0.2, 0) is 17.8 Å². The van der Waals surface area contributed by atoms with Crippen molar-refractivity contribution in [2.24, 2.45) is 5.73 Å². The molecule has 0 spiro atoms. The van der Waals surface area contributed by atoms with Gasteiger partial charge in [0.15, 0.2) is 0 Å². The van der Waals surface area contributed by atoms with Crippen LogP contribution in [0.1, 0.15) is 25.3 Å². The molecule has 39 heavy (non-hydrogen) atoms. The van der Waals surface area contributed by atoms with Gasteiger partial charge in [-0.15, -0.1) is 0 Å². The van der Waals surface area contributed by atoms with E-state index in [1.165, 1.54) is 29.7 Å². The standard InChI is InChI=1S/C29H38N8OS/c1-18-3-7-23-26(31-2)27(39-29(23)34-18)28(38)32-11-9-19-4-8-25(36-16-21-5-6-22(17-36)35-21)24(13-19)20-14-33-37(15-20)12-10-30/h3-4,7-8,13-15,21-22,29,31,34-35H,5-6,9-12,16-17,30H2,1-2H3,(H,32,38). The van der Waals surface area contributed by atoms with Crippen LogP contribution in [0, 0.1) is 0 Å². The maximum absolute atomic E-state index is 13.2. The summed E-state index contributed by atoms with van der Waals surface area (Å²) in [6.07, 6.45) is 11.4. The van der Waals surface area contributed by atoms with Crippen molar-refractivity contribution < 1.29 is 4.79 Å². The Balaban J connectivity index is 1.18. The zero-order valence-electron chi connectivity index (χ0n) is 22.7. The summed E-state index contributed by atoms with van der Waals surface area (Å²) in [6.45, 7) is 5.92. The smallest absolute Gasteiger partial charge is 0.259 e. The first-order chi connectivity index (χ1) is 19.0. The number of thioether (sulfide) groups is 1. The summed E-state index contributed by atoms with van der Waals surface area (Å²) in [4.78, 5) is 16.4. The number of benzene rings is 1. The molecule has 6 N–H and O–H groups in total. The molecule has 1 aromatic heterocycles. The molecule has 2 fully saturated rings. The molecule has 4 aliphatic rings. The van der Waals surface area contributed by atoms with Crippen LogP contribution >= 0.6 is 11.8 Å². The van der Waals surface area contributed by atoms with Gasteiger partial charge in [-0.05, 0) is 50.0 Å². The van der Waals surface area contributed by atoms with Gasteiger partial charge in [-0.2, -0.15) is 5.10 Å². The topological polar surface area (TPSA) is 112 Å². The van der Waals surface area contributed by atoms with Crippen molar-refractivity contribution in [2.45, 2.75) is 50.2 Å². The van der Waals surface area contributed by atoms with Gasteiger partial charge in [0.2, 0.25) is 0 Å². The Bertz CT molecular complexity index is 1330. The van der Waals surface area contributed by atoms with Crippen LogP contribution in [-0.4, -0.2) is 66.4 Å². The summed E-state index contributed by atoms with van der Waals surface area (Å²) < 4.78 is 1.92. The molecule has 206 valence electrons. The molecule has 0 radical (unpaired) electrons. The molecule has 2 aromatic rings. The van der Waals surface area contributed by atoms with E-state index in [-0.39, 0.29) is 11.3 Å². The molecule has 5 heterocycles. The van der Waals surface area contributed by atoms with Gasteiger partial charge in [0.25, 0.3) is 5.91 Å². The monoisotopic (exact) mass is 546 g/mol. The Morgan fingerprint density at radius 3 is 2.82 bits per heavy atom. The highest BCUT2D eigenvalue weighted by atomic mass is 32.2. The van der Waals surface area contributed by atoms with Crippen molar-refractivity contribution in [2.75, 3.05) is 38.1 Å². The number of hydrogen-bond acceptors (Lipinski definition) is 8. The molecule has 3 unspecified atom stereocenters. The van der Waals surface area contributed by atoms with E-state index in [9.17, 15) is 4.79 Å². The first kappa shape index (κ1) is 26.0. The molecule has 9 nitrogen and oxygen atoms in total. The van der Waals surface area contributed by atoms with Gasteiger partial charge in [-0.1, -0.05) is 23.9 Å². The quantitative estimate of drug-likeness (QED) is 0.325. The molecule has 2 bridgehead atoms. The number of fused-ring (bicyclic) bond motifs is 3. The maximum atomic E-state index is 13.2. The summed E-state index contributed by atoms with van der Waals surface area (Å²) in [7, 11) is 1.88. The highest BCUT2D eigenvalue weighted by Crippen LogP contribution is 2.41. The SMILES string of the molecule is CNC1=C(C(=O)NCCc2ccc(N3CC4CCC(C3)N4)c(-c3cnn(CCN)c3)c2)SC2NC(C)=CC=C12. The number of anilines is 1. The number of amides is 1. The lowest BCUT2D eigenvalue weighted by Gasteiger charge is -2.36. The van der Waals surface area contributed by atoms with E-state index in [0.29, 0.717) is 31.7 Å². The number of aromatic nitrogens is 2. The van der Waals surface area contributed by atoms with Crippen LogP contribution < -0.4 is 31.9 Å². The molecule has 1 aromatic carbocycles. The number of hydrogen-bond donors (Lipinski definition) is 5. The zero-order valence-corrected chi connectivity index (χ0v) is 23.5. The number of likely N-dealkylation sites (N-methyl/N-ethyl adjacent to an activating group) is 1. The average molecular weight is 547 g/mol. The molecular formula is C29H38N8OS. The molecule has 2 saturated heterocycles. The first-order valence-electron chi connectivity index (χ1n) is 13.9. The van der Waals surface area contributed by atoms with Crippen LogP contribution in [0.5, 0.6) is 0 Å². The van der Waals surface area contributed by atoms with Crippen LogP contribution in [0.4, 0.5) is 5.69 Å². The number of nitrogens with zero attached hydrogens (tertiary/aromatic N) is 3. The second kappa shape index (κ2) is 11.1. The summed E-state index contributed by atoms with van der Waals surface area (Å²) in [5, 5.41) is 18.2. The van der Waals surface area contributed by atoms with E-state index < -0.39 is 0 Å². The lowest BCUT2D eigenvalue weighted by molar-refractivity contribution is -0.116. The molecule has 4 aliphatic heterocycles. The maximum Gasteiger partial charge on any atom is 0.259 e. The van der Waals surface area contributed by atoms with Crippen molar-refractivity contribution in [3.63, 3.8) is 0 Å². The Morgan fingerprint density at radius 1 is 1.23 bits per heavy atom. The zero-order chi connectivity index (χ0) is 26.9. The van der Waals surface area contributed by atoms with E-state index in [1.807, 2.05) is 24.9 Å². The Kier molecular flexibility index (Phi) is 7.42. The third-order valence-electron chi connectivity index (χ3n) is 7.98. The predicted octanol–water partition coefficient (Wildman–Crippen LogP) is 2.05. The molecule has 0 aliphatic carbocycles. The van der Waals surface area contributed by atoms with E-state index in [0.717, 1.165) is 46.9 Å². The van der Waals surface area contributed by atoms with E-state index in [4.69, 9.17) is 5.73 Å². The minimum atomic E-state index is -0.0321. The summed E-state index contributed by atoms with van der Waals surface area (Å²) >= 11 is 1.57. The second-order valence-electron chi connectivity index (χ2n) is 10.7. The van der Waals surface area contributed by atoms with Crippen molar-refractivity contribution in [3.8, 4) is 11.1 Å². The fourth-order valence-corrected chi connectivity index (χ4v) is 7.39. The highest BCUT2D eigenvalue weighted by molar-refractivity contribution is 8.05. The Hall–Kier alpha value is -3.21. The van der Waals surface area contributed by atoms with E-state index >= 15 is 0 Å². The number of nitrogens with one attached hydrogen (secondary N) is 4. The lowest BCUT2D eigenvalue weighted by Crippen LogP contribution is -2.51. The highest BCUT2D eigenvalue weighted by Gasteiger charge is 2.35.